The molecular formula is C20H18N4O2. The smallest absolute Gasteiger partial charge is 0.258 e. The molecule has 0 aliphatic carbocycles. The normalized spacial score (nSPS) is 12.0. The minimum atomic E-state index is -0.426. The molecule has 1 aromatic heterocycles. The molecule has 1 heterocycles. The van der Waals surface area contributed by atoms with Gasteiger partial charge in [-0.3, -0.25) is 15.1 Å². The number of nitrogens with zero attached hydrogens (tertiary/aromatic N) is 4. The maximum Gasteiger partial charge on any atom is 0.269 e. The maximum absolute atomic E-state index is 10.7. The van der Waals surface area contributed by atoms with Gasteiger partial charge in [-0.2, -0.15) is 10.2 Å². The fourth-order valence-electron chi connectivity index (χ4n) is 2.51. The Morgan fingerprint density at radius 1 is 1.12 bits per heavy atom. The minimum Gasteiger partial charge on any atom is -0.258 e. The molecule has 0 N–H and O–H groups in total. The van der Waals surface area contributed by atoms with E-state index in [-0.39, 0.29) is 5.69 Å². The number of hydrogen-bond acceptors (Lipinski definition) is 5. The van der Waals surface area contributed by atoms with E-state index in [0.717, 1.165) is 34.3 Å². The standard InChI is InChI=1S/C20H18N4O2/c1-2-17(13-18-10-9-16-5-3-4-6-20(16)22-18)23-21-14-15-7-11-19(12-8-15)24(25)26/h3-12,14H,2,13H2,1H3. The minimum absolute atomic E-state index is 0.0577. The van der Waals surface area contributed by atoms with Gasteiger partial charge in [-0.25, -0.2) is 0 Å². The number of fused-ring (bicyclic) bond motifs is 1. The van der Waals surface area contributed by atoms with Gasteiger partial charge in [-0.15, -0.1) is 0 Å². The van der Waals surface area contributed by atoms with Crippen LogP contribution in [0.1, 0.15) is 24.6 Å². The van der Waals surface area contributed by atoms with Gasteiger partial charge in [0.15, 0.2) is 0 Å². The van der Waals surface area contributed by atoms with Crippen LogP contribution in [-0.2, 0) is 6.42 Å². The average molecular weight is 346 g/mol. The zero-order chi connectivity index (χ0) is 18.4. The number of nitro groups is 1. The summed E-state index contributed by atoms with van der Waals surface area (Å²) < 4.78 is 0. The number of pyridine rings is 1. The molecule has 0 fully saturated rings. The molecule has 3 rings (SSSR count). The lowest BCUT2D eigenvalue weighted by molar-refractivity contribution is -0.384. The van der Waals surface area contributed by atoms with Crippen LogP contribution in [0, 0.1) is 10.1 Å². The van der Waals surface area contributed by atoms with Gasteiger partial charge in [0.1, 0.15) is 0 Å². The van der Waals surface area contributed by atoms with Gasteiger partial charge in [0.05, 0.1) is 16.7 Å². The molecule has 0 saturated heterocycles. The molecule has 0 saturated carbocycles. The van der Waals surface area contributed by atoms with Crippen molar-refractivity contribution in [3.8, 4) is 0 Å². The topological polar surface area (TPSA) is 80.8 Å². The Hall–Kier alpha value is -3.41. The molecule has 6 heteroatoms. The van der Waals surface area contributed by atoms with Crippen LogP contribution in [0.15, 0.2) is 70.9 Å². The number of para-hydroxylation sites is 1. The molecule has 26 heavy (non-hydrogen) atoms. The summed E-state index contributed by atoms with van der Waals surface area (Å²) in [5.41, 5.74) is 3.66. The van der Waals surface area contributed by atoms with Crippen LogP contribution in [0.4, 0.5) is 5.69 Å². The summed E-state index contributed by atoms with van der Waals surface area (Å²) in [5.74, 6) is 0. The highest BCUT2D eigenvalue weighted by molar-refractivity contribution is 5.88. The van der Waals surface area contributed by atoms with Gasteiger partial charge in [-0.1, -0.05) is 31.2 Å². The first-order chi connectivity index (χ1) is 12.7. The molecule has 0 amide bonds. The highest BCUT2D eigenvalue weighted by Gasteiger charge is 2.04. The monoisotopic (exact) mass is 346 g/mol. The maximum atomic E-state index is 10.7. The molecule has 0 aliphatic heterocycles. The van der Waals surface area contributed by atoms with Gasteiger partial charge >= 0.3 is 0 Å². The van der Waals surface area contributed by atoms with Crippen molar-refractivity contribution in [3.63, 3.8) is 0 Å². The van der Waals surface area contributed by atoms with Crippen LogP contribution >= 0.6 is 0 Å². The van der Waals surface area contributed by atoms with Gasteiger partial charge in [0, 0.05) is 35.3 Å². The Morgan fingerprint density at radius 2 is 1.88 bits per heavy atom. The Labute approximate surface area is 151 Å². The Morgan fingerprint density at radius 3 is 2.62 bits per heavy atom. The second kappa shape index (κ2) is 8.11. The molecule has 3 aromatic rings. The van der Waals surface area contributed by atoms with E-state index in [1.165, 1.54) is 12.1 Å². The first kappa shape index (κ1) is 17.4. The summed E-state index contributed by atoms with van der Waals surface area (Å²) >= 11 is 0. The van der Waals surface area contributed by atoms with E-state index in [9.17, 15) is 10.1 Å². The summed E-state index contributed by atoms with van der Waals surface area (Å²) in [6.45, 7) is 2.03. The molecule has 130 valence electrons. The van der Waals surface area contributed by atoms with Crippen LogP contribution in [0.25, 0.3) is 10.9 Å². The summed E-state index contributed by atoms with van der Waals surface area (Å²) in [6, 6.07) is 18.3. The average Bonchev–Trinajstić information content (AvgIpc) is 2.67. The number of non-ortho nitro benzene ring substituents is 1. The van der Waals surface area contributed by atoms with E-state index in [1.807, 2.05) is 37.3 Å². The molecule has 6 nitrogen and oxygen atoms in total. The van der Waals surface area contributed by atoms with E-state index < -0.39 is 4.92 Å². The fraction of sp³-hybridized carbons (Fsp3) is 0.150. The van der Waals surface area contributed by atoms with Crippen molar-refractivity contribution in [1.82, 2.24) is 4.98 Å². The molecule has 0 atom stereocenters. The third kappa shape index (κ3) is 4.36. The van der Waals surface area contributed by atoms with Gasteiger partial charge in [-0.05, 0) is 36.2 Å². The zero-order valence-corrected chi connectivity index (χ0v) is 14.4. The van der Waals surface area contributed by atoms with E-state index in [0.29, 0.717) is 6.42 Å². The molecule has 0 spiro atoms. The molecule has 2 aromatic carbocycles. The molecule has 0 radical (unpaired) electrons. The summed E-state index contributed by atoms with van der Waals surface area (Å²) in [7, 11) is 0. The zero-order valence-electron chi connectivity index (χ0n) is 14.4. The van der Waals surface area contributed by atoms with E-state index in [1.54, 1.807) is 18.3 Å². The van der Waals surface area contributed by atoms with Crippen LogP contribution in [0.3, 0.4) is 0 Å². The fourth-order valence-corrected chi connectivity index (χ4v) is 2.51. The molecular weight excluding hydrogens is 328 g/mol. The number of rotatable bonds is 6. The lowest BCUT2D eigenvalue weighted by atomic mass is 10.1. The Balaban J connectivity index is 1.71. The summed E-state index contributed by atoms with van der Waals surface area (Å²) in [6.07, 6.45) is 3.00. The number of nitro benzene ring substituents is 1. The van der Waals surface area contributed by atoms with Gasteiger partial charge in [0.25, 0.3) is 5.69 Å². The van der Waals surface area contributed by atoms with Crippen molar-refractivity contribution in [1.29, 1.82) is 0 Å². The first-order valence-electron chi connectivity index (χ1n) is 8.33. The van der Waals surface area contributed by atoms with Gasteiger partial charge < -0.3 is 0 Å². The lowest BCUT2D eigenvalue weighted by Gasteiger charge is -2.03. The molecule has 0 unspecified atom stereocenters. The molecule has 0 aliphatic rings. The number of benzene rings is 2. The van der Waals surface area contributed by atoms with Crippen LogP contribution < -0.4 is 0 Å². The largest absolute Gasteiger partial charge is 0.269 e. The number of hydrogen-bond donors (Lipinski definition) is 0. The second-order valence-corrected chi connectivity index (χ2v) is 5.79. The Bertz CT molecular complexity index is 979. The molecule has 0 bridgehead atoms. The second-order valence-electron chi connectivity index (χ2n) is 5.79. The SMILES string of the molecule is CCC(Cc1ccc2ccccc2n1)=NN=Cc1ccc([N+](=O)[O-])cc1. The first-order valence-corrected chi connectivity index (χ1v) is 8.33. The quantitative estimate of drug-likeness (QED) is 0.372. The van der Waals surface area contributed by atoms with Crippen molar-refractivity contribution >= 4 is 28.5 Å². The summed E-state index contributed by atoms with van der Waals surface area (Å²) in [5, 5.41) is 20.2. The predicted octanol–water partition coefficient (Wildman–Crippen LogP) is 4.57. The van der Waals surface area contributed by atoms with Crippen molar-refractivity contribution in [2.75, 3.05) is 0 Å². The lowest BCUT2D eigenvalue weighted by Crippen LogP contribution is -2.03. The van der Waals surface area contributed by atoms with Gasteiger partial charge in [0.2, 0.25) is 0 Å². The van der Waals surface area contributed by atoms with E-state index >= 15 is 0 Å². The van der Waals surface area contributed by atoms with Crippen molar-refractivity contribution in [3.05, 3.63) is 82.0 Å². The number of aromatic nitrogens is 1. The predicted molar refractivity (Wildman–Crippen MR) is 104 cm³/mol. The Kier molecular flexibility index (Phi) is 5.43. The van der Waals surface area contributed by atoms with Crippen LogP contribution in [0.2, 0.25) is 0 Å². The van der Waals surface area contributed by atoms with E-state index in [2.05, 4.69) is 21.3 Å². The highest BCUT2D eigenvalue weighted by Crippen LogP contribution is 2.13. The third-order valence-corrected chi connectivity index (χ3v) is 3.96. The van der Waals surface area contributed by atoms with Crippen molar-refractivity contribution < 1.29 is 4.92 Å². The van der Waals surface area contributed by atoms with E-state index in [4.69, 9.17) is 0 Å². The third-order valence-electron chi connectivity index (χ3n) is 3.96. The van der Waals surface area contributed by atoms with Crippen molar-refractivity contribution in [2.45, 2.75) is 19.8 Å². The highest BCUT2D eigenvalue weighted by atomic mass is 16.6. The van der Waals surface area contributed by atoms with Crippen molar-refractivity contribution in [2.24, 2.45) is 10.2 Å². The summed E-state index contributed by atoms with van der Waals surface area (Å²) in [4.78, 5) is 14.9. The van der Waals surface area contributed by atoms with Crippen LogP contribution in [-0.4, -0.2) is 21.8 Å². The van der Waals surface area contributed by atoms with Crippen LogP contribution in [0.5, 0.6) is 0 Å².